The van der Waals surface area contributed by atoms with Gasteiger partial charge in [-0.05, 0) is 30.2 Å². The lowest BCUT2D eigenvalue weighted by atomic mass is 10.2. The van der Waals surface area contributed by atoms with Crippen molar-refractivity contribution in [1.29, 1.82) is 0 Å². The van der Waals surface area contributed by atoms with Crippen molar-refractivity contribution in [2.75, 3.05) is 36.1 Å². The lowest BCUT2D eigenvalue weighted by Crippen LogP contribution is -2.45. The van der Waals surface area contributed by atoms with Gasteiger partial charge in [0.1, 0.15) is 13.2 Å². The highest BCUT2D eigenvalue weighted by Gasteiger charge is 2.34. The van der Waals surface area contributed by atoms with Crippen LogP contribution in [0.5, 0.6) is 11.5 Å². The summed E-state index contributed by atoms with van der Waals surface area (Å²) in [6.07, 6.45) is 1.15. The van der Waals surface area contributed by atoms with Gasteiger partial charge in [-0.3, -0.25) is 9.69 Å². The highest BCUT2D eigenvalue weighted by Crippen LogP contribution is 2.35. The molecule has 2 aromatic rings. The number of amides is 3. The normalized spacial score (nSPS) is 20.3. The van der Waals surface area contributed by atoms with Crippen LogP contribution >= 0.6 is 0 Å². The molecule has 1 saturated heterocycles. The topological polar surface area (TPSA) is 71.1 Å². The largest absolute Gasteiger partial charge is 0.486 e. The summed E-state index contributed by atoms with van der Waals surface area (Å²) in [5.41, 5.74) is 2.89. The molecule has 1 atom stereocenters. The fourth-order valence-corrected chi connectivity index (χ4v) is 4.06. The smallest absolute Gasteiger partial charge is 0.322 e. The summed E-state index contributed by atoms with van der Waals surface area (Å²) in [6.45, 7) is 2.14. The van der Waals surface area contributed by atoms with E-state index in [2.05, 4.69) is 5.32 Å². The predicted molar refractivity (Wildman–Crippen MR) is 104 cm³/mol. The van der Waals surface area contributed by atoms with Gasteiger partial charge >= 0.3 is 6.03 Å². The van der Waals surface area contributed by atoms with Crippen LogP contribution in [-0.4, -0.2) is 44.3 Å². The molecule has 3 heterocycles. The summed E-state index contributed by atoms with van der Waals surface area (Å²) < 4.78 is 11.1. The van der Waals surface area contributed by atoms with Crippen molar-refractivity contribution in [2.45, 2.75) is 18.9 Å². The Morgan fingerprint density at radius 2 is 1.89 bits per heavy atom. The molecule has 7 nitrogen and oxygen atoms in total. The Hall–Kier alpha value is -3.22. The molecule has 0 aliphatic carbocycles. The van der Waals surface area contributed by atoms with E-state index in [1.165, 1.54) is 5.56 Å². The van der Waals surface area contributed by atoms with Crippen molar-refractivity contribution in [3.8, 4) is 11.5 Å². The standard InChI is InChI=1S/C21H21N3O4/c25-20-11-15(22-21(26)23-8-7-14-3-1-2-4-17(14)23)13-24(20)16-5-6-18-19(12-16)28-10-9-27-18/h1-6,12,15H,7-11,13H2,(H,22,26)/t15-/m1/s1. The Balaban J connectivity index is 1.28. The molecule has 7 heteroatoms. The second kappa shape index (κ2) is 6.74. The van der Waals surface area contributed by atoms with Crippen LogP contribution in [0.15, 0.2) is 42.5 Å². The molecular weight excluding hydrogens is 358 g/mol. The number of para-hydroxylation sites is 1. The highest BCUT2D eigenvalue weighted by atomic mass is 16.6. The molecule has 3 aliphatic rings. The third-order valence-electron chi connectivity index (χ3n) is 5.42. The highest BCUT2D eigenvalue weighted by molar-refractivity contribution is 5.99. The van der Waals surface area contributed by atoms with E-state index in [0.29, 0.717) is 37.8 Å². The summed E-state index contributed by atoms with van der Waals surface area (Å²) in [7, 11) is 0. The third-order valence-corrected chi connectivity index (χ3v) is 5.42. The van der Waals surface area contributed by atoms with Crippen molar-refractivity contribution in [2.24, 2.45) is 0 Å². The van der Waals surface area contributed by atoms with Gasteiger partial charge in [-0.1, -0.05) is 18.2 Å². The number of hydrogen-bond donors (Lipinski definition) is 1. The van der Waals surface area contributed by atoms with Crippen LogP contribution in [0.1, 0.15) is 12.0 Å². The van der Waals surface area contributed by atoms with Crippen LogP contribution in [0.3, 0.4) is 0 Å². The summed E-state index contributed by atoms with van der Waals surface area (Å²) in [4.78, 5) is 28.7. The van der Waals surface area contributed by atoms with Crippen molar-refractivity contribution >= 4 is 23.3 Å². The number of hydrogen-bond acceptors (Lipinski definition) is 4. The SMILES string of the molecule is O=C1C[C@@H](NC(=O)N2CCc3ccccc32)CN1c1ccc2c(c1)OCCO2. The minimum Gasteiger partial charge on any atom is -0.486 e. The van der Waals surface area contributed by atoms with Crippen LogP contribution < -0.4 is 24.6 Å². The van der Waals surface area contributed by atoms with E-state index in [-0.39, 0.29) is 24.4 Å². The average Bonchev–Trinajstić information content (AvgIpc) is 3.31. The van der Waals surface area contributed by atoms with E-state index >= 15 is 0 Å². The van der Waals surface area contributed by atoms with E-state index in [9.17, 15) is 9.59 Å². The van der Waals surface area contributed by atoms with Crippen LogP contribution in [0.4, 0.5) is 16.2 Å². The minimum atomic E-state index is -0.221. The van der Waals surface area contributed by atoms with E-state index < -0.39 is 0 Å². The van der Waals surface area contributed by atoms with Gasteiger partial charge < -0.3 is 19.7 Å². The molecule has 144 valence electrons. The third kappa shape index (κ3) is 2.93. The molecule has 3 amide bonds. The Kier molecular flexibility index (Phi) is 4.07. The first-order valence-corrected chi connectivity index (χ1v) is 9.55. The summed E-state index contributed by atoms with van der Waals surface area (Å²) in [5.74, 6) is 1.33. The van der Waals surface area contributed by atoms with E-state index in [4.69, 9.17) is 9.47 Å². The minimum absolute atomic E-state index is 0.0104. The van der Waals surface area contributed by atoms with Crippen molar-refractivity contribution < 1.29 is 19.1 Å². The summed E-state index contributed by atoms with van der Waals surface area (Å²) >= 11 is 0. The zero-order chi connectivity index (χ0) is 19.1. The molecule has 1 N–H and O–H groups in total. The number of ether oxygens (including phenoxy) is 2. The van der Waals surface area contributed by atoms with Crippen LogP contribution in [-0.2, 0) is 11.2 Å². The maximum atomic E-state index is 12.8. The number of urea groups is 1. The van der Waals surface area contributed by atoms with Gasteiger partial charge in [0.05, 0.1) is 6.04 Å². The number of anilines is 2. The van der Waals surface area contributed by atoms with Gasteiger partial charge in [0.25, 0.3) is 0 Å². The Morgan fingerprint density at radius 1 is 1.07 bits per heavy atom. The number of nitrogens with one attached hydrogen (secondary N) is 1. The van der Waals surface area contributed by atoms with Gasteiger partial charge in [0.15, 0.2) is 11.5 Å². The molecule has 0 spiro atoms. The second-order valence-corrected chi connectivity index (χ2v) is 7.21. The van der Waals surface area contributed by atoms with E-state index in [1.807, 2.05) is 42.5 Å². The van der Waals surface area contributed by atoms with Crippen LogP contribution in [0.25, 0.3) is 0 Å². The number of benzene rings is 2. The lowest BCUT2D eigenvalue weighted by molar-refractivity contribution is -0.117. The maximum absolute atomic E-state index is 12.8. The molecule has 28 heavy (non-hydrogen) atoms. The second-order valence-electron chi connectivity index (χ2n) is 7.21. The lowest BCUT2D eigenvalue weighted by Gasteiger charge is -2.23. The van der Waals surface area contributed by atoms with Gasteiger partial charge in [-0.15, -0.1) is 0 Å². The number of carbonyl (C=O) groups excluding carboxylic acids is 2. The van der Waals surface area contributed by atoms with Gasteiger partial charge in [-0.25, -0.2) is 4.79 Å². The van der Waals surface area contributed by atoms with E-state index in [1.54, 1.807) is 9.80 Å². The molecule has 0 radical (unpaired) electrons. The molecule has 0 bridgehead atoms. The summed E-state index contributed by atoms with van der Waals surface area (Å²) in [5, 5.41) is 3.02. The number of fused-ring (bicyclic) bond motifs is 2. The Labute approximate surface area is 162 Å². The number of nitrogens with zero attached hydrogens (tertiary/aromatic N) is 2. The molecule has 1 fully saturated rings. The van der Waals surface area contributed by atoms with Crippen molar-refractivity contribution in [1.82, 2.24) is 5.32 Å². The zero-order valence-electron chi connectivity index (χ0n) is 15.4. The Morgan fingerprint density at radius 3 is 2.79 bits per heavy atom. The molecule has 0 aromatic heterocycles. The quantitative estimate of drug-likeness (QED) is 0.870. The first-order chi connectivity index (χ1) is 13.7. The average molecular weight is 379 g/mol. The molecule has 0 saturated carbocycles. The fourth-order valence-electron chi connectivity index (χ4n) is 4.06. The molecule has 3 aliphatic heterocycles. The van der Waals surface area contributed by atoms with Gasteiger partial charge in [-0.2, -0.15) is 0 Å². The first-order valence-electron chi connectivity index (χ1n) is 9.55. The monoisotopic (exact) mass is 379 g/mol. The van der Waals surface area contributed by atoms with Crippen LogP contribution in [0.2, 0.25) is 0 Å². The molecular formula is C21H21N3O4. The summed E-state index contributed by atoms with van der Waals surface area (Å²) in [6, 6.07) is 13.1. The van der Waals surface area contributed by atoms with E-state index in [0.717, 1.165) is 17.8 Å². The predicted octanol–water partition coefficient (Wildman–Crippen LogP) is 2.34. The molecule has 0 unspecified atom stereocenters. The molecule has 5 rings (SSSR count). The van der Waals surface area contributed by atoms with Gasteiger partial charge in [0, 0.05) is 37.0 Å². The zero-order valence-corrected chi connectivity index (χ0v) is 15.4. The van der Waals surface area contributed by atoms with Gasteiger partial charge in [0.2, 0.25) is 5.91 Å². The number of carbonyl (C=O) groups is 2. The van der Waals surface area contributed by atoms with Crippen LogP contribution in [0, 0.1) is 0 Å². The fraction of sp³-hybridized carbons (Fsp3) is 0.333. The number of rotatable bonds is 2. The first kappa shape index (κ1) is 16.9. The van der Waals surface area contributed by atoms with Crippen molar-refractivity contribution in [3.05, 3.63) is 48.0 Å². The maximum Gasteiger partial charge on any atom is 0.322 e. The van der Waals surface area contributed by atoms with Crippen molar-refractivity contribution in [3.63, 3.8) is 0 Å². The Bertz CT molecular complexity index is 945. The molecule has 2 aromatic carbocycles.